The molecule has 2 aromatic rings. The van der Waals surface area contributed by atoms with Crippen LogP contribution < -0.4 is 0 Å². The highest BCUT2D eigenvalue weighted by Gasteiger charge is 2.13. The van der Waals surface area contributed by atoms with E-state index in [0.717, 1.165) is 6.07 Å². The molecular formula is C10H6FNO2S. The minimum Gasteiger partial charge on any atom is -0.478 e. The molecule has 0 unspecified atom stereocenters. The average molecular weight is 223 g/mol. The normalized spacial score (nSPS) is 10.2. The Kier molecular flexibility index (Phi) is 2.47. The zero-order valence-corrected chi connectivity index (χ0v) is 8.29. The molecule has 0 aliphatic heterocycles. The first kappa shape index (κ1) is 9.79. The predicted octanol–water partition coefficient (Wildman–Crippen LogP) is 2.65. The fourth-order valence-electron chi connectivity index (χ4n) is 1.26. The van der Waals surface area contributed by atoms with Crippen LogP contribution in [0.4, 0.5) is 4.39 Å². The second kappa shape index (κ2) is 3.78. The van der Waals surface area contributed by atoms with Gasteiger partial charge in [-0.15, -0.1) is 0 Å². The monoisotopic (exact) mass is 223 g/mol. The molecule has 0 saturated carbocycles. The standard InChI is InChI=1S/C10H6FNO2S/c11-6-1-2-7(8(5-6)10(13)14)9-3-4-12-15-9/h1-5H,(H,13,14). The molecule has 0 amide bonds. The van der Waals surface area contributed by atoms with Gasteiger partial charge in [-0.1, -0.05) is 0 Å². The van der Waals surface area contributed by atoms with Crippen LogP contribution in [0.15, 0.2) is 30.5 Å². The number of aromatic nitrogens is 1. The summed E-state index contributed by atoms with van der Waals surface area (Å²) in [4.78, 5) is 11.6. The zero-order valence-electron chi connectivity index (χ0n) is 7.48. The van der Waals surface area contributed by atoms with Gasteiger partial charge < -0.3 is 5.11 Å². The van der Waals surface area contributed by atoms with Crippen LogP contribution in [0.3, 0.4) is 0 Å². The molecule has 0 aliphatic rings. The molecule has 1 aromatic heterocycles. The lowest BCUT2D eigenvalue weighted by atomic mass is 10.1. The molecule has 0 aliphatic carbocycles. The quantitative estimate of drug-likeness (QED) is 0.851. The molecule has 1 N–H and O–H groups in total. The Morgan fingerprint density at radius 2 is 2.20 bits per heavy atom. The third-order valence-electron chi connectivity index (χ3n) is 1.92. The average Bonchev–Trinajstić information content (AvgIpc) is 2.70. The van der Waals surface area contributed by atoms with Crippen LogP contribution in [0, 0.1) is 5.82 Å². The van der Waals surface area contributed by atoms with E-state index in [1.165, 1.54) is 23.7 Å². The summed E-state index contributed by atoms with van der Waals surface area (Å²) in [7, 11) is 0. The SMILES string of the molecule is O=C(O)c1cc(F)ccc1-c1ccns1. The van der Waals surface area contributed by atoms with E-state index in [0.29, 0.717) is 10.4 Å². The van der Waals surface area contributed by atoms with E-state index in [2.05, 4.69) is 4.37 Å². The molecule has 0 fully saturated rings. The largest absolute Gasteiger partial charge is 0.478 e. The number of rotatable bonds is 2. The number of aromatic carboxylic acids is 1. The Hall–Kier alpha value is -1.75. The maximum Gasteiger partial charge on any atom is 0.336 e. The van der Waals surface area contributed by atoms with Gasteiger partial charge in [0.1, 0.15) is 5.82 Å². The number of carbonyl (C=O) groups is 1. The van der Waals surface area contributed by atoms with Gasteiger partial charge in [0.05, 0.1) is 10.4 Å². The minimum absolute atomic E-state index is 0.0424. The molecule has 1 heterocycles. The van der Waals surface area contributed by atoms with Crippen molar-refractivity contribution in [3.63, 3.8) is 0 Å². The summed E-state index contributed by atoms with van der Waals surface area (Å²) >= 11 is 1.18. The summed E-state index contributed by atoms with van der Waals surface area (Å²) in [5.74, 6) is -1.70. The van der Waals surface area contributed by atoms with Gasteiger partial charge in [0.25, 0.3) is 0 Å². The van der Waals surface area contributed by atoms with E-state index in [1.807, 2.05) is 0 Å². The van der Waals surface area contributed by atoms with Gasteiger partial charge in [-0.2, -0.15) is 0 Å². The summed E-state index contributed by atoms with van der Waals surface area (Å²) in [6.07, 6.45) is 1.58. The predicted molar refractivity (Wildman–Crippen MR) is 54.5 cm³/mol. The molecule has 3 nitrogen and oxygen atoms in total. The highest BCUT2D eigenvalue weighted by atomic mass is 32.1. The molecule has 0 bridgehead atoms. The topological polar surface area (TPSA) is 50.2 Å². The maximum absolute atomic E-state index is 12.9. The van der Waals surface area contributed by atoms with Crippen molar-refractivity contribution in [2.24, 2.45) is 0 Å². The number of carboxylic acid groups (broad SMARTS) is 1. The third-order valence-corrected chi connectivity index (χ3v) is 2.70. The zero-order chi connectivity index (χ0) is 10.8. The van der Waals surface area contributed by atoms with Crippen LogP contribution in [-0.2, 0) is 0 Å². The Labute approximate surface area is 89.0 Å². The van der Waals surface area contributed by atoms with Crippen LogP contribution in [0.1, 0.15) is 10.4 Å². The number of hydrogen-bond donors (Lipinski definition) is 1. The molecule has 0 radical (unpaired) electrons. The van der Waals surface area contributed by atoms with E-state index in [9.17, 15) is 9.18 Å². The van der Waals surface area contributed by atoms with E-state index in [4.69, 9.17) is 5.11 Å². The molecule has 0 atom stereocenters. The van der Waals surface area contributed by atoms with Crippen LogP contribution in [0.25, 0.3) is 10.4 Å². The molecule has 0 spiro atoms. The fourth-order valence-corrected chi connectivity index (χ4v) is 1.90. The first-order chi connectivity index (χ1) is 7.18. The van der Waals surface area contributed by atoms with Crippen molar-refractivity contribution in [2.75, 3.05) is 0 Å². The van der Waals surface area contributed by atoms with Crippen LogP contribution in [0.2, 0.25) is 0 Å². The molecular weight excluding hydrogens is 217 g/mol. The summed E-state index contributed by atoms with van der Waals surface area (Å²) in [5, 5.41) is 8.91. The smallest absolute Gasteiger partial charge is 0.336 e. The Bertz CT molecular complexity index is 496. The van der Waals surface area contributed by atoms with E-state index >= 15 is 0 Å². The lowest BCUT2D eigenvalue weighted by Gasteiger charge is -2.02. The van der Waals surface area contributed by atoms with Gasteiger partial charge in [-0.05, 0) is 35.8 Å². The first-order valence-electron chi connectivity index (χ1n) is 4.12. The number of benzene rings is 1. The van der Waals surface area contributed by atoms with Crippen LogP contribution >= 0.6 is 11.5 Å². The summed E-state index contributed by atoms with van der Waals surface area (Å²) in [5.41, 5.74) is 0.450. The van der Waals surface area contributed by atoms with Crippen molar-refractivity contribution in [1.29, 1.82) is 0 Å². The van der Waals surface area contributed by atoms with Gasteiger partial charge >= 0.3 is 5.97 Å². The second-order valence-corrected chi connectivity index (χ2v) is 3.70. The van der Waals surface area contributed by atoms with Crippen molar-refractivity contribution in [3.8, 4) is 10.4 Å². The molecule has 1 aromatic carbocycles. The maximum atomic E-state index is 12.9. The van der Waals surface area contributed by atoms with Gasteiger partial charge in [0, 0.05) is 11.8 Å². The van der Waals surface area contributed by atoms with Crippen molar-refractivity contribution >= 4 is 17.5 Å². The van der Waals surface area contributed by atoms with Crippen LogP contribution in [0.5, 0.6) is 0 Å². The Morgan fingerprint density at radius 3 is 2.80 bits per heavy atom. The lowest BCUT2D eigenvalue weighted by Crippen LogP contribution is -1.99. The van der Waals surface area contributed by atoms with Gasteiger partial charge in [0.15, 0.2) is 0 Å². The molecule has 0 saturated heterocycles. The summed E-state index contributed by atoms with van der Waals surface area (Å²) in [6.45, 7) is 0. The summed E-state index contributed by atoms with van der Waals surface area (Å²) < 4.78 is 16.8. The van der Waals surface area contributed by atoms with Gasteiger partial charge in [-0.25, -0.2) is 13.6 Å². The Balaban J connectivity index is 2.61. The first-order valence-corrected chi connectivity index (χ1v) is 4.90. The molecule has 15 heavy (non-hydrogen) atoms. The van der Waals surface area contributed by atoms with Gasteiger partial charge in [-0.3, -0.25) is 0 Å². The number of carboxylic acids is 1. The van der Waals surface area contributed by atoms with Gasteiger partial charge in [0.2, 0.25) is 0 Å². The second-order valence-electron chi connectivity index (χ2n) is 2.87. The van der Waals surface area contributed by atoms with Crippen LogP contribution in [-0.4, -0.2) is 15.4 Å². The van der Waals surface area contributed by atoms with E-state index in [1.54, 1.807) is 12.3 Å². The fraction of sp³-hybridized carbons (Fsp3) is 0. The van der Waals surface area contributed by atoms with Crippen molar-refractivity contribution < 1.29 is 14.3 Å². The lowest BCUT2D eigenvalue weighted by molar-refractivity contribution is 0.0697. The Morgan fingerprint density at radius 1 is 1.40 bits per heavy atom. The van der Waals surface area contributed by atoms with Crippen molar-refractivity contribution in [1.82, 2.24) is 4.37 Å². The third kappa shape index (κ3) is 1.87. The highest BCUT2D eigenvalue weighted by molar-refractivity contribution is 7.09. The number of nitrogens with zero attached hydrogens (tertiary/aromatic N) is 1. The van der Waals surface area contributed by atoms with Crippen molar-refractivity contribution in [3.05, 3.63) is 41.8 Å². The van der Waals surface area contributed by atoms with Crippen molar-refractivity contribution in [2.45, 2.75) is 0 Å². The number of hydrogen-bond acceptors (Lipinski definition) is 3. The molecule has 5 heteroatoms. The highest BCUT2D eigenvalue weighted by Crippen LogP contribution is 2.27. The minimum atomic E-state index is -1.14. The summed E-state index contributed by atoms with van der Waals surface area (Å²) in [6, 6.07) is 5.40. The van der Waals surface area contributed by atoms with E-state index in [-0.39, 0.29) is 5.56 Å². The van der Waals surface area contributed by atoms with E-state index < -0.39 is 11.8 Å². The number of halogens is 1. The molecule has 2 rings (SSSR count). The molecule has 76 valence electrons.